The smallest absolute Gasteiger partial charge is 0.109 e. The third-order valence-electron chi connectivity index (χ3n) is 4.63. The highest BCUT2D eigenvalue weighted by Gasteiger charge is 2.25. The number of nitrogens with zero attached hydrogens (tertiary/aromatic N) is 2. The van der Waals surface area contributed by atoms with Crippen molar-refractivity contribution in [2.45, 2.75) is 45.4 Å². The first-order valence-electron chi connectivity index (χ1n) is 8.77. The first-order chi connectivity index (χ1) is 11.9. The minimum atomic E-state index is -0.00172. The largest absolute Gasteiger partial charge is 0.342 e. The maximum atomic E-state index is 4.87. The maximum absolute atomic E-state index is 4.87. The van der Waals surface area contributed by atoms with Crippen molar-refractivity contribution in [1.29, 1.82) is 0 Å². The number of thiazole rings is 1. The van der Waals surface area contributed by atoms with Crippen molar-refractivity contribution in [3.8, 4) is 0 Å². The lowest BCUT2D eigenvalue weighted by molar-refractivity contribution is 0.520. The van der Waals surface area contributed by atoms with Crippen LogP contribution in [0.15, 0.2) is 42.5 Å². The number of benzene rings is 2. The summed E-state index contributed by atoms with van der Waals surface area (Å²) in [5, 5.41) is 1.20. The van der Waals surface area contributed by atoms with E-state index < -0.39 is 0 Å². The van der Waals surface area contributed by atoms with Crippen LogP contribution in [0.3, 0.4) is 0 Å². The summed E-state index contributed by atoms with van der Waals surface area (Å²) in [7, 11) is 0. The maximum Gasteiger partial charge on any atom is 0.109 e. The first kappa shape index (κ1) is 16.3. The minimum Gasteiger partial charge on any atom is -0.342 e. The molecule has 0 spiro atoms. The van der Waals surface area contributed by atoms with E-state index in [-0.39, 0.29) is 5.41 Å². The van der Waals surface area contributed by atoms with Gasteiger partial charge in [-0.3, -0.25) is 0 Å². The standard InChI is InChI=1S/C21H23N3S/c1-13(2)19-22-15-10-9-14(11-17(15)23-19)12-21(3,4)20-24-16-7-5-6-8-18(16)25-20/h5-11,13H,12H2,1-4H3,(H,22,23). The molecule has 1 N–H and O–H groups in total. The van der Waals surface area contributed by atoms with E-state index in [0.29, 0.717) is 5.92 Å². The molecule has 2 heterocycles. The predicted octanol–water partition coefficient (Wildman–Crippen LogP) is 5.82. The van der Waals surface area contributed by atoms with E-state index in [1.807, 2.05) is 0 Å². The van der Waals surface area contributed by atoms with Crippen molar-refractivity contribution in [2.24, 2.45) is 0 Å². The van der Waals surface area contributed by atoms with Gasteiger partial charge in [-0.05, 0) is 36.2 Å². The van der Waals surface area contributed by atoms with E-state index in [2.05, 4.69) is 80.1 Å². The fourth-order valence-corrected chi connectivity index (χ4v) is 4.27. The van der Waals surface area contributed by atoms with Crippen molar-refractivity contribution in [1.82, 2.24) is 15.0 Å². The zero-order chi connectivity index (χ0) is 17.6. The molecule has 0 amide bonds. The van der Waals surface area contributed by atoms with Crippen LogP contribution in [0, 0.1) is 0 Å². The fraction of sp³-hybridized carbons (Fsp3) is 0.333. The van der Waals surface area contributed by atoms with Crippen molar-refractivity contribution in [3.63, 3.8) is 0 Å². The molecule has 0 aliphatic carbocycles. The highest BCUT2D eigenvalue weighted by Crippen LogP contribution is 2.34. The number of rotatable bonds is 4. The molecule has 0 aliphatic rings. The van der Waals surface area contributed by atoms with Crippen molar-refractivity contribution >= 4 is 32.6 Å². The summed E-state index contributed by atoms with van der Waals surface area (Å²) >= 11 is 1.80. The second-order valence-corrected chi connectivity index (χ2v) is 8.71. The average Bonchev–Trinajstić information content (AvgIpc) is 3.18. The summed E-state index contributed by atoms with van der Waals surface area (Å²) in [6.45, 7) is 8.88. The summed E-state index contributed by atoms with van der Waals surface area (Å²) in [4.78, 5) is 13.0. The SMILES string of the molecule is CC(C)c1nc2ccc(CC(C)(C)c3nc4ccccc4s3)cc2[nH]1. The van der Waals surface area contributed by atoms with E-state index in [0.717, 1.165) is 28.8 Å². The van der Waals surface area contributed by atoms with Crippen LogP contribution in [0.4, 0.5) is 0 Å². The zero-order valence-electron chi connectivity index (χ0n) is 15.1. The lowest BCUT2D eigenvalue weighted by Crippen LogP contribution is -2.20. The van der Waals surface area contributed by atoms with Crippen LogP contribution in [0.2, 0.25) is 0 Å². The predicted molar refractivity (Wildman–Crippen MR) is 107 cm³/mol. The van der Waals surface area contributed by atoms with Crippen LogP contribution in [0.25, 0.3) is 21.3 Å². The van der Waals surface area contributed by atoms with Gasteiger partial charge in [-0.15, -0.1) is 11.3 Å². The monoisotopic (exact) mass is 349 g/mol. The molecular formula is C21H23N3S. The summed E-state index contributed by atoms with van der Waals surface area (Å²) in [5.41, 5.74) is 4.58. The van der Waals surface area contributed by atoms with Crippen molar-refractivity contribution in [2.75, 3.05) is 0 Å². The third kappa shape index (κ3) is 3.07. The highest BCUT2D eigenvalue weighted by molar-refractivity contribution is 7.18. The molecule has 0 fully saturated rings. The van der Waals surface area contributed by atoms with Gasteiger partial charge in [-0.25, -0.2) is 9.97 Å². The Labute approximate surface area is 152 Å². The fourth-order valence-electron chi connectivity index (χ4n) is 3.21. The molecule has 0 aliphatic heterocycles. The Morgan fingerprint density at radius 1 is 1.04 bits per heavy atom. The van der Waals surface area contributed by atoms with Gasteiger partial charge < -0.3 is 4.98 Å². The van der Waals surface area contributed by atoms with Gasteiger partial charge in [0.05, 0.1) is 26.3 Å². The van der Waals surface area contributed by atoms with Gasteiger partial charge in [0, 0.05) is 11.3 Å². The topological polar surface area (TPSA) is 41.6 Å². The van der Waals surface area contributed by atoms with Gasteiger partial charge in [0.25, 0.3) is 0 Å². The van der Waals surface area contributed by atoms with Crippen LogP contribution in [-0.4, -0.2) is 15.0 Å². The lowest BCUT2D eigenvalue weighted by Gasteiger charge is -2.22. The second-order valence-electron chi connectivity index (χ2n) is 7.68. The van der Waals surface area contributed by atoms with Crippen LogP contribution >= 0.6 is 11.3 Å². The summed E-state index contributed by atoms with van der Waals surface area (Å²) < 4.78 is 1.26. The molecular weight excluding hydrogens is 326 g/mol. The molecule has 2 aromatic heterocycles. The summed E-state index contributed by atoms with van der Waals surface area (Å²) in [6.07, 6.45) is 0.957. The Balaban J connectivity index is 1.66. The number of aromatic nitrogens is 3. The molecule has 0 saturated heterocycles. The van der Waals surface area contributed by atoms with Gasteiger partial charge in [0.2, 0.25) is 0 Å². The molecule has 25 heavy (non-hydrogen) atoms. The van der Waals surface area contributed by atoms with Gasteiger partial charge >= 0.3 is 0 Å². The number of H-pyrrole nitrogens is 1. The molecule has 0 saturated carbocycles. The molecule has 2 aromatic carbocycles. The molecule has 3 nitrogen and oxygen atoms in total. The Morgan fingerprint density at radius 2 is 1.84 bits per heavy atom. The lowest BCUT2D eigenvalue weighted by atomic mass is 9.86. The molecule has 128 valence electrons. The number of nitrogens with one attached hydrogen (secondary N) is 1. The Bertz CT molecular complexity index is 1010. The molecule has 4 heteroatoms. The van der Waals surface area contributed by atoms with Crippen LogP contribution in [0.5, 0.6) is 0 Å². The van der Waals surface area contributed by atoms with E-state index >= 15 is 0 Å². The highest BCUT2D eigenvalue weighted by atomic mass is 32.1. The minimum absolute atomic E-state index is 0.00172. The normalized spacial score (nSPS) is 12.5. The second kappa shape index (κ2) is 5.95. The molecule has 4 aromatic rings. The van der Waals surface area contributed by atoms with E-state index in [1.54, 1.807) is 11.3 Å². The van der Waals surface area contributed by atoms with E-state index in [9.17, 15) is 0 Å². The average molecular weight is 350 g/mol. The number of hydrogen-bond donors (Lipinski definition) is 1. The van der Waals surface area contributed by atoms with Gasteiger partial charge in [0.1, 0.15) is 5.82 Å². The molecule has 0 radical (unpaired) electrons. The number of aromatic amines is 1. The van der Waals surface area contributed by atoms with Gasteiger partial charge in [-0.1, -0.05) is 45.9 Å². The van der Waals surface area contributed by atoms with Crippen molar-refractivity contribution in [3.05, 3.63) is 58.9 Å². The molecule has 0 atom stereocenters. The van der Waals surface area contributed by atoms with E-state index in [4.69, 9.17) is 4.98 Å². The summed E-state index contributed by atoms with van der Waals surface area (Å²) in [5.74, 6) is 1.47. The first-order valence-corrected chi connectivity index (χ1v) is 9.59. The van der Waals surface area contributed by atoms with Crippen molar-refractivity contribution < 1.29 is 0 Å². The van der Waals surface area contributed by atoms with Gasteiger partial charge in [-0.2, -0.15) is 0 Å². The Morgan fingerprint density at radius 3 is 2.60 bits per heavy atom. The van der Waals surface area contributed by atoms with Gasteiger partial charge in [0.15, 0.2) is 0 Å². The van der Waals surface area contributed by atoms with Crippen LogP contribution < -0.4 is 0 Å². The van der Waals surface area contributed by atoms with E-state index in [1.165, 1.54) is 15.3 Å². The quantitative estimate of drug-likeness (QED) is 0.504. The zero-order valence-corrected chi connectivity index (χ0v) is 15.9. The molecule has 0 unspecified atom stereocenters. The molecule has 0 bridgehead atoms. The molecule has 4 rings (SSSR count). The number of imidazole rings is 1. The Kier molecular flexibility index (Phi) is 3.88. The summed E-state index contributed by atoms with van der Waals surface area (Å²) in [6, 6.07) is 14.9. The third-order valence-corrected chi connectivity index (χ3v) is 6.03. The Hall–Kier alpha value is -2.20. The number of hydrogen-bond acceptors (Lipinski definition) is 3. The van der Waals surface area contributed by atoms with Crippen LogP contribution in [0.1, 0.15) is 50.0 Å². The number of fused-ring (bicyclic) bond motifs is 2. The number of para-hydroxylation sites is 1. The van der Waals surface area contributed by atoms with Crippen LogP contribution in [-0.2, 0) is 11.8 Å².